The van der Waals surface area contributed by atoms with Crippen molar-refractivity contribution in [2.24, 2.45) is 10.3 Å². The number of hydrogen-bond donors (Lipinski definition) is 1. The SMILES string of the molecule is O=S1(=O)N=C(C2CCCC2)Nc2cc(Br)ccc21. The monoisotopic (exact) mass is 328 g/mol. The van der Waals surface area contributed by atoms with E-state index >= 15 is 0 Å². The lowest BCUT2D eigenvalue weighted by Gasteiger charge is -2.21. The van der Waals surface area contributed by atoms with E-state index in [1.807, 2.05) is 0 Å². The summed E-state index contributed by atoms with van der Waals surface area (Å²) in [5.41, 5.74) is 0.626. The van der Waals surface area contributed by atoms with Crippen molar-refractivity contribution in [1.29, 1.82) is 0 Å². The van der Waals surface area contributed by atoms with Crippen LogP contribution in [0.1, 0.15) is 25.7 Å². The second-order valence-corrected chi connectivity index (χ2v) is 7.19. The van der Waals surface area contributed by atoms with Crippen LogP contribution in [0.4, 0.5) is 5.69 Å². The van der Waals surface area contributed by atoms with E-state index in [1.165, 1.54) is 0 Å². The van der Waals surface area contributed by atoms with Crippen molar-refractivity contribution in [1.82, 2.24) is 0 Å². The minimum Gasteiger partial charge on any atom is -0.342 e. The van der Waals surface area contributed by atoms with Crippen molar-refractivity contribution >= 4 is 37.5 Å². The molecule has 1 aromatic rings. The minimum atomic E-state index is -3.54. The molecule has 3 rings (SSSR count). The molecule has 0 saturated heterocycles. The summed E-state index contributed by atoms with van der Waals surface area (Å²) in [6.07, 6.45) is 4.34. The summed E-state index contributed by atoms with van der Waals surface area (Å²) in [5, 5.41) is 3.18. The lowest BCUT2D eigenvalue weighted by Crippen LogP contribution is -2.27. The van der Waals surface area contributed by atoms with Gasteiger partial charge in [0.25, 0.3) is 10.0 Å². The molecule has 18 heavy (non-hydrogen) atoms. The highest BCUT2D eigenvalue weighted by Gasteiger charge is 2.30. The average molecular weight is 329 g/mol. The third-order valence-electron chi connectivity index (χ3n) is 3.44. The summed E-state index contributed by atoms with van der Waals surface area (Å²) in [6.45, 7) is 0. The third kappa shape index (κ3) is 2.07. The van der Waals surface area contributed by atoms with Gasteiger partial charge in [0.05, 0.1) is 5.69 Å². The Morgan fingerprint density at radius 1 is 1.28 bits per heavy atom. The first kappa shape index (κ1) is 12.2. The number of amidine groups is 1. The molecule has 0 bridgehead atoms. The number of nitrogens with one attached hydrogen (secondary N) is 1. The summed E-state index contributed by atoms with van der Waals surface area (Å²) >= 11 is 3.36. The molecule has 4 nitrogen and oxygen atoms in total. The Morgan fingerprint density at radius 3 is 2.72 bits per heavy atom. The molecule has 1 aromatic carbocycles. The molecule has 1 heterocycles. The first-order valence-corrected chi connectivity index (χ1v) is 8.21. The largest absolute Gasteiger partial charge is 0.342 e. The van der Waals surface area contributed by atoms with Gasteiger partial charge in [-0.25, -0.2) is 0 Å². The van der Waals surface area contributed by atoms with Gasteiger partial charge in [0.15, 0.2) is 0 Å². The molecule has 0 radical (unpaired) electrons. The van der Waals surface area contributed by atoms with Crippen LogP contribution in [-0.4, -0.2) is 14.3 Å². The normalized spacial score (nSPS) is 22.2. The summed E-state index contributed by atoms with van der Waals surface area (Å²) in [6, 6.07) is 5.08. The molecule has 0 aromatic heterocycles. The predicted molar refractivity (Wildman–Crippen MR) is 74.3 cm³/mol. The summed E-state index contributed by atoms with van der Waals surface area (Å²) in [4.78, 5) is 0.257. The Balaban J connectivity index is 2.06. The van der Waals surface area contributed by atoms with Crippen molar-refractivity contribution in [2.45, 2.75) is 30.6 Å². The van der Waals surface area contributed by atoms with Crippen LogP contribution in [0.2, 0.25) is 0 Å². The molecule has 0 unspecified atom stereocenters. The Kier molecular flexibility index (Phi) is 2.94. The van der Waals surface area contributed by atoms with E-state index in [9.17, 15) is 8.42 Å². The molecular weight excluding hydrogens is 316 g/mol. The fourth-order valence-corrected chi connectivity index (χ4v) is 4.08. The van der Waals surface area contributed by atoms with Crippen molar-refractivity contribution in [2.75, 3.05) is 5.32 Å². The van der Waals surface area contributed by atoms with Crippen LogP contribution < -0.4 is 5.32 Å². The average Bonchev–Trinajstić information content (AvgIpc) is 2.80. The van der Waals surface area contributed by atoms with Gasteiger partial charge in [-0.1, -0.05) is 28.8 Å². The van der Waals surface area contributed by atoms with Gasteiger partial charge in [-0.05, 0) is 31.0 Å². The van der Waals surface area contributed by atoms with Crippen LogP contribution in [0.5, 0.6) is 0 Å². The molecule has 1 saturated carbocycles. The smallest absolute Gasteiger partial charge is 0.286 e. The van der Waals surface area contributed by atoms with Gasteiger partial charge in [0.2, 0.25) is 0 Å². The Labute approximate surface area is 115 Å². The van der Waals surface area contributed by atoms with E-state index in [4.69, 9.17) is 0 Å². The zero-order valence-corrected chi connectivity index (χ0v) is 12.1. The maximum absolute atomic E-state index is 12.1. The van der Waals surface area contributed by atoms with E-state index in [1.54, 1.807) is 18.2 Å². The number of sulfonamides is 1. The van der Waals surface area contributed by atoms with Gasteiger partial charge < -0.3 is 5.32 Å². The van der Waals surface area contributed by atoms with Crippen LogP contribution in [0.25, 0.3) is 0 Å². The number of hydrogen-bond acceptors (Lipinski definition) is 3. The fraction of sp³-hybridized carbons (Fsp3) is 0.417. The highest BCUT2D eigenvalue weighted by Crippen LogP contribution is 2.34. The van der Waals surface area contributed by atoms with Crippen LogP contribution in [-0.2, 0) is 10.0 Å². The maximum atomic E-state index is 12.1. The highest BCUT2D eigenvalue weighted by atomic mass is 79.9. The van der Waals surface area contributed by atoms with Gasteiger partial charge in [-0.3, -0.25) is 0 Å². The van der Waals surface area contributed by atoms with E-state index in [-0.39, 0.29) is 10.8 Å². The predicted octanol–water partition coefficient (Wildman–Crippen LogP) is 3.15. The molecule has 1 N–H and O–H groups in total. The zero-order chi connectivity index (χ0) is 12.8. The Bertz CT molecular complexity index is 619. The minimum absolute atomic E-state index is 0.256. The molecule has 1 fully saturated rings. The first-order chi connectivity index (χ1) is 8.56. The highest BCUT2D eigenvalue weighted by molar-refractivity contribution is 9.10. The number of benzene rings is 1. The maximum Gasteiger partial charge on any atom is 0.286 e. The van der Waals surface area contributed by atoms with E-state index in [0.717, 1.165) is 30.2 Å². The van der Waals surface area contributed by atoms with Crippen molar-refractivity contribution in [3.05, 3.63) is 22.7 Å². The Morgan fingerprint density at radius 2 is 2.00 bits per heavy atom. The van der Waals surface area contributed by atoms with Crippen LogP contribution in [0.15, 0.2) is 32.0 Å². The quantitative estimate of drug-likeness (QED) is 0.861. The molecule has 0 amide bonds. The molecule has 1 aliphatic carbocycles. The van der Waals surface area contributed by atoms with Crippen LogP contribution in [0, 0.1) is 5.92 Å². The zero-order valence-electron chi connectivity index (χ0n) is 9.69. The summed E-state index contributed by atoms with van der Waals surface area (Å²) < 4.78 is 29.0. The third-order valence-corrected chi connectivity index (χ3v) is 5.28. The number of halogens is 1. The number of fused-ring (bicyclic) bond motifs is 1. The standard InChI is InChI=1S/C12H13BrN2O2S/c13-9-5-6-11-10(7-9)14-12(15-18(11,16)17)8-3-1-2-4-8/h5-8H,1-4H2,(H,14,15). The lowest BCUT2D eigenvalue weighted by molar-refractivity contribution is 0.596. The van der Waals surface area contributed by atoms with Gasteiger partial charge >= 0.3 is 0 Å². The van der Waals surface area contributed by atoms with E-state index < -0.39 is 10.0 Å². The summed E-state index contributed by atoms with van der Waals surface area (Å²) in [5.74, 6) is 0.866. The van der Waals surface area contributed by atoms with E-state index in [0.29, 0.717) is 11.5 Å². The van der Waals surface area contributed by atoms with Crippen LogP contribution >= 0.6 is 15.9 Å². The van der Waals surface area contributed by atoms with Gasteiger partial charge in [-0.15, -0.1) is 4.40 Å². The molecular formula is C12H13BrN2O2S. The van der Waals surface area contributed by atoms with Gasteiger partial charge in [0, 0.05) is 10.4 Å². The van der Waals surface area contributed by atoms with Gasteiger partial charge in [0.1, 0.15) is 10.7 Å². The van der Waals surface area contributed by atoms with Gasteiger partial charge in [-0.2, -0.15) is 8.42 Å². The van der Waals surface area contributed by atoms with E-state index in [2.05, 4.69) is 25.6 Å². The van der Waals surface area contributed by atoms with Crippen LogP contribution in [0.3, 0.4) is 0 Å². The lowest BCUT2D eigenvalue weighted by atomic mass is 10.1. The molecule has 2 aliphatic rings. The molecule has 6 heteroatoms. The second-order valence-electron chi connectivity index (χ2n) is 4.70. The first-order valence-electron chi connectivity index (χ1n) is 5.98. The number of rotatable bonds is 1. The number of anilines is 1. The second kappa shape index (κ2) is 4.35. The fourth-order valence-electron chi connectivity index (χ4n) is 2.54. The molecule has 0 atom stereocenters. The summed E-state index contributed by atoms with van der Waals surface area (Å²) in [7, 11) is -3.54. The van der Waals surface area contributed by atoms with Crippen molar-refractivity contribution in [3.8, 4) is 0 Å². The van der Waals surface area contributed by atoms with Crippen molar-refractivity contribution in [3.63, 3.8) is 0 Å². The number of nitrogens with zero attached hydrogens (tertiary/aromatic N) is 1. The van der Waals surface area contributed by atoms with Crippen molar-refractivity contribution < 1.29 is 8.42 Å². The Hall–Kier alpha value is -0.880. The molecule has 0 spiro atoms. The topological polar surface area (TPSA) is 58.5 Å². The molecule has 96 valence electrons. The molecule has 1 aliphatic heterocycles.